The SMILES string of the molecule is Cc1c(Cl)cccc1OC(C)C. The third-order valence-electron chi connectivity index (χ3n) is 1.58. The van der Waals surface area contributed by atoms with E-state index >= 15 is 0 Å². The lowest BCUT2D eigenvalue weighted by Gasteiger charge is -2.12. The summed E-state index contributed by atoms with van der Waals surface area (Å²) >= 11 is 5.92. The maximum atomic E-state index is 5.92. The molecule has 0 atom stereocenters. The highest BCUT2D eigenvalue weighted by Gasteiger charge is 2.03. The Morgan fingerprint density at radius 1 is 1.33 bits per heavy atom. The van der Waals surface area contributed by atoms with Crippen LogP contribution in [0.15, 0.2) is 18.2 Å². The second-order valence-electron chi connectivity index (χ2n) is 3.03. The predicted molar refractivity (Wildman–Crippen MR) is 52.0 cm³/mol. The van der Waals surface area contributed by atoms with E-state index in [2.05, 4.69) is 0 Å². The zero-order valence-corrected chi connectivity index (χ0v) is 8.35. The lowest BCUT2D eigenvalue weighted by Crippen LogP contribution is -2.06. The molecule has 0 saturated carbocycles. The van der Waals surface area contributed by atoms with Crippen molar-refractivity contribution in [1.29, 1.82) is 0 Å². The Labute approximate surface area is 78.3 Å². The summed E-state index contributed by atoms with van der Waals surface area (Å²) in [7, 11) is 0. The maximum absolute atomic E-state index is 5.92. The predicted octanol–water partition coefficient (Wildman–Crippen LogP) is 3.44. The third-order valence-corrected chi connectivity index (χ3v) is 1.99. The monoisotopic (exact) mass is 184 g/mol. The normalized spacial score (nSPS) is 10.4. The van der Waals surface area contributed by atoms with Gasteiger partial charge in [0.25, 0.3) is 0 Å². The third kappa shape index (κ3) is 2.15. The lowest BCUT2D eigenvalue weighted by molar-refractivity contribution is 0.241. The lowest BCUT2D eigenvalue weighted by atomic mass is 10.2. The molecule has 2 heteroatoms. The highest BCUT2D eigenvalue weighted by Crippen LogP contribution is 2.25. The average molecular weight is 185 g/mol. The van der Waals surface area contributed by atoms with Crippen molar-refractivity contribution in [3.05, 3.63) is 28.8 Å². The van der Waals surface area contributed by atoms with Crippen molar-refractivity contribution in [3.8, 4) is 5.75 Å². The van der Waals surface area contributed by atoms with Crippen molar-refractivity contribution in [2.45, 2.75) is 26.9 Å². The number of benzene rings is 1. The van der Waals surface area contributed by atoms with Crippen LogP contribution in [-0.2, 0) is 0 Å². The van der Waals surface area contributed by atoms with Crippen LogP contribution in [0, 0.1) is 6.92 Å². The standard InChI is InChI=1S/C10H13ClO/c1-7(2)12-10-6-4-5-9(11)8(10)3/h4-7H,1-3H3. The van der Waals surface area contributed by atoms with Crippen LogP contribution in [0.25, 0.3) is 0 Å². The molecule has 0 fully saturated rings. The Bertz CT molecular complexity index is 269. The zero-order chi connectivity index (χ0) is 9.14. The largest absolute Gasteiger partial charge is 0.491 e. The molecule has 1 aromatic rings. The Morgan fingerprint density at radius 3 is 2.58 bits per heavy atom. The van der Waals surface area contributed by atoms with Crippen molar-refractivity contribution in [2.75, 3.05) is 0 Å². The summed E-state index contributed by atoms with van der Waals surface area (Å²) in [5, 5.41) is 0.758. The second kappa shape index (κ2) is 3.81. The van der Waals surface area contributed by atoms with E-state index in [9.17, 15) is 0 Å². The fourth-order valence-corrected chi connectivity index (χ4v) is 1.14. The summed E-state index contributed by atoms with van der Waals surface area (Å²) in [5.74, 6) is 0.873. The summed E-state index contributed by atoms with van der Waals surface area (Å²) < 4.78 is 5.54. The molecule has 0 radical (unpaired) electrons. The molecule has 0 saturated heterocycles. The molecule has 0 aliphatic carbocycles. The summed E-state index contributed by atoms with van der Waals surface area (Å²) in [6, 6.07) is 5.69. The second-order valence-corrected chi connectivity index (χ2v) is 3.44. The van der Waals surface area contributed by atoms with Gasteiger partial charge in [0.15, 0.2) is 0 Å². The van der Waals surface area contributed by atoms with Crippen molar-refractivity contribution in [1.82, 2.24) is 0 Å². The fraction of sp³-hybridized carbons (Fsp3) is 0.400. The van der Waals surface area contributed by atoms with Crippen LogP contribution < -0.4 is 4.74 Å². The summed E-state index contributed by atoms with van der Waals surface area (Å²) in [4.78, 5) is 0. The molecule has 0 unspecified atom stereocenters. The number of rotatable bonds is 2. The number of hydrogen-bond acceptors (Lipinski definition) is 1. The molecular formula is C10H13ClO. The van der Waals surface area contributed by atoms with Crippen LogP contribution >= 0.6 is 11.6 Å². The minimum Gasteiger partial charge on any atom is -0.491 e. The first-order valence-electron chi connectivity index (χ1n) is 4.03. The van der Waals surface area contributed by atoms with Crippen LogP contribution in [-0.4, -0.2) is 6.10 Å². The molecule has 0 N–H and O–H groups in total. The highest BCUT2D eigenvalue weighted by atomic mass is 35.5. The molecule has 12 heavy (non-hydrogen) atoms. The Hall–Kier alpha value is -0.690. The Balaban J connectivity index is 2.92. The van der Waals surface area contributed by atoms with Gasteiger partial charge in [-0.3, -0.25) is 0 Å². The molecule has 0 aliphatic rings. The van der Waals surface area contributed by atoms with Gasteiger partial charge in [0.1, 0.15) is 5.75 Å². The van der Waals surface area contributed by atoms with Crippen LogP contribution in [0.2, 0.25) is 5.02 Å². The molecule has 1 aromatic carbocycles. The molecule has 1 rings (SSSR count). The molecule has 66 valence electrons. The van der Waals surface area contributed by atoms with E-state index in [1.54, 1.807) is 0 Å². The molecule has 0 aliphatic heterocycles. The van der Waals surface area contributed by atoms with Crippen molar-refractivity contribution < 1.29 is 4.74 Å². The smallest absolute Gasteiger partial charge is 0.124 e. The molecule has 0 heterocycles. The van der Waals surface area contributed by atoms with E-state index in [4.69, 9.17) is 16.3 Å². The van der Waals surface area contributed by atoms with Gasteiger partial charge in [0.05, 0.1) is 6.10 Å². The van der Waals surface area contributed by atoms with E-state index in [1.165, 1.54) is 0 Å². The topological polar surface area (TPSA) is 9.23 Å². The van der Waals surface area contributed by atoms with E-state index in [1.807, 2.05) is 39.0 Å². The van der Waals surface area contributed by atoms with Crippen LogP contribution in [0.4, 0.5) is 0 Å². The van der Waals surface area contributed by atoms with Gasteiger partial charge in [-0.05, 0) is 32.9 Å². The number of halogens is 1. The zero-order valence-electron chi connectivity index (χ0n) is 7.60. The molecule has 0 spiro atoms. The van der Waals surface area contributed by atoms with Crippen LogP contribution in [0.3, 0.4) is 0 Å². The van der Waals surface area contributed by atoms with E-state index in [-0.39, 0.29) is 6.10 Å². The van der Waals surface area contributed by atoms with Gasteiger partial charge < -0.3 is 4.74 Å². The number of hydrogen-bond donors (Lipinski definition) is 0. The molecule has 0 amide bonds. The van der Waals surface area contributed by atoms with Crippen molar-refractivity contribution >= 4 is 11.6 Å². The molecule has 1 nitrogen and oxygen atoms in total. The molecule has 0 aromatic heterocycles. The molecule has 0 bridgehead atoms. The maximum Gasteiger partial charge on any atom is 0.124 e. The Kier molecular flexibility index (Phi) is 2.99. The van der Waals surface area contributed by atoms with Crippen molar-refractivity contribution in [2.24, 2.45) is 0 Å². The van der Waals surface area contributed by atoms with E-state index in [0.29, 0.717) is 0 Å². The first-order valence-corrected chi connectivity index (χ1v) is 4.41. The summed E-state index contributed by atoms with van der Waals surface area (Å²) in [6.45, 7) is 5.96. The summed E-state index contributed by atoms with van der Waals surface area (Å²) in [6.07, 6.45) is 0.196. The van der Waals surface area contributed by atoms with Gasteiger partial charge >= 0.3 is 0 Å². The van der Waals surface area contributed by atoms with Gasteiger partial charge in [-0.2, -0.15) is 0 Å². The minimum absolute atomic E-state index is 0.196. The van der Waals surface area contributed by atoms with E-state index < -0.39 is 0 Å². The van der Waals surface area contributed by atoms with Crippen molar-refractivity contribution in [3.63, 3.8) is 0 Å². The summed E-state index contributed by atoms with van der Waals surface area (Å²) in [5.41, 5.74) is 1.01. The first-order chi connectivity index (χ1) is 5.61. The minimum atomic E-state index is 0.196. The Morgan fingerprint density at radius 2 is 2.00 bits per heavy atom. The van der Waals surface area contributed by atoms with E-state index in [0.717, 1.165) is 16.3 Å². The van der Waals surface area contributed by atoms with Gasteiger partial charge in [-0.15, -0.1) is 0 Å². The fourth-order valence-electron chi connectivity index (χ4n) is 0.969. The van der Waals surface area contributed by atoms with Gasteiger partial charge in [-0.25, -0.2) is 0 Å². The quantitative estimate of drug-likeness (QED) is 0.684. The van der Waals surface area contributed by atoms with Crippen LogP contribution in [0.1, 0.15) is 19.4 Å². The van der Waals surface area contributed by atoms with Crippen LogP contribution in [0.5, 0.6) is 5.75 Å². The first kappa shape index (κ1) is 9.40. The highest BCUT2D eigenvalue weighted by molar-refractivity contribution is 6.31. The molecular weight excluding hydrogens is 172 g/mol. The van der Waals surface area contributed by atoms with Gasteiger partial charge in [-0.1, -0.05) is 17.7 Å². The van der Waals surface area contributed by atoms with Gasteiger partial charge in [0, 0.05) is 10.6 Å². The number of ether oxygens (including phenoxy) is 1. The average Bonchev–Trinajstić information content (AvgIpc) is 1.98. The van der Waals surface area contributed by atoms with Gasteiger partial charge in [0.2, 0.25) is 0 Å².